The minimum atomic E-state index is -0.363. The molecule has 1 aromatic rings. The third-order valence-electron chi connectivity index (χ3n) is 4.82. The maximum absolute atomic E-state index is 11.7. The van der Waals surface area contributed by atoms with Gasteiger partial charge in [-0.2, -0.15) is 0 Å². The summed E-state index contributed by atoms with van der Waals surface area (Å²) in [6.07, 6.45) is 2.01. The number of esters is 1. The number of ether oxygens (including phenoxy) is 2. The number of nitrogens with one attached hydrogen (secondary N) is 1. The summed E-state index contributed by atoms with van der Waals surface area (Å²) >= 11 is 0. The van der Waals surface area contributed by atoms with Crippen molar-refractivity contribution in [2.45, 2.75) is 18.9 Å². The monoisotopic (exact) mass is 347 g/mol. The Morgan fingerprint density at radius 2 is 2.08 bits per heavy atom. The number of likely N-dealkylation sites (tertiary alicyclic amines) is 1. The molecular formula is C18H25N3O4. The topological polar surface area (TPSA) is 71.1 Å². The molecule has 2 aliphatic rings. The number of rotatable bonds is 6. The van der Waals surface area contributed by atoms with Gasteiger partial charge in [-0.3, -0.25) is 4.90 Å². The van der Waals surface area contributed by atoms with Crippen LogP contribution in [0.15, 0.2) is 24.3 Å². The van der Waals surface area contributed by atoms with Crippen LogP contribution in [0.4, 0.5) is 4.79 Å². The number of piperidine rings is 1. The molecule has 136 valence electrons. The van der Waals surface area contributed by atoms with Gasteiger partial charge in [-0.25, -0.2) is 9.59 Å². The van der Waals surface area contributed by atoms with E-state index in [9.17, 15) is 9.59 Å². The first-order valence-electron chi connectivity index (χ1n) is 8.75. The van der Waals surface area contributed by atoms with E-state index in [4.69, 9.17) is 9.47 Å². The van der Waals surface area contributed by atoms with Crippen molar-refractivity contribution in [1.82, 2.24) is 15.1 Å². The molecule has 2 heterocycles. The predicted octanol–water partition coefficient (Wildman–Crippen LogP) is 1.34. The molecule has 0 radical (unpaired) electrons. The Labute approximate surface area is 147 Å². The highest BCUT2D eigenvalue weighted by atomic mass is 16.5. The van der Waals surface area contributed by atoms with Gasteiger partial charge in [-0.05, 0) is 31.0 Å². The van der Waals surface area contributed by atoms with Crippen molar-refractivity contribution in [3.8, 4) is 5.75 Å². The van der Waals surface area contributed by atoms with Crippen LogP contribution in [0, 0.1) is 0 Å². The summed E-state index contributed by atoms with van der Waals surface area (Å²) in [5.74, 6) is 0.310. The fourth-order valence-electron chi connectivity index (χ4n) is 3.41. The van der Waals surface area contributed by atoms with Gasteiger partial charge in [-0.15, -0.1) is 0 Å². The van der Waals surface area contributed by atoms with Crippen molar-refractivity contribution in [3.05, 3.63) is 29.8 Å². The highest BCUT2D eigenvalue weighted by molar-refractivity contribution is 5.89. The summed E-state index contributed by atoms with van der Waals surface area (Å²) in [6.45, 7) is 4.93. The van der Waals surface area contributed by atoms with Gasteiger partial charge < -0.3 is 19.7 Å². The average molecular weight is 347 g/mol. The smallest absolute Gasteiger partial charge is 0.337 e. The number of benzene rings is 1. The Morgan fingerprint density at radius 1 is 1.28 bits per heavy atom. The molecular weight excluding hydrogens is 322 g/mol. The molecule has 0 bridgehead atoms. The molecule has 0 spiro atoms. The largest absolute Gasteiger partial charge is 0.492 e. The standard InChI is InChI=1S/C18H25N3O4/c1-24-17(22)14-3-2-4-16(13-14)25-12-11-20-8-5-15(6-9-20)21-10-7-19-18(21)23/h2-4,13,15H,5-12H2,1H3,(H,19,23). The summed E-state index contributed by atoms with van der Waals surface area (Å²) in [4.78, 5) is 27.6. The Hall–Kier alpha value is -2.28. The van der Waals surface area contributed by atoms with Crippen LogP contribution >= 0.6 is 0 Å². The SMILES string of the molecule is COC(=O)c1cccc(OCCN2CCC(N3CCNC3=O)CC2)c1. The van der Waals surface area contributed by atoms with E-state index < -0.39 is 0 Å². The van der Waals surface area contributed by atoms with Crippen molar-refractivity contribution >= 4 is 12.0 Å². The molecule has 7 heteroatoms. The first-order chi connectivity index (χ1) is 12.2. The first-order valence-corrected chi connectivity index (χ1v) is 8.75. The highest BCUT2D eigenvalue weighted by Crippen LogP contribution is 2.18. The quantitative estimate of drug-likeness (QED) is 0.787. The van der Waals surface area contributed by atoms with E-state index in [0.717, 1.165) is 45.6 Å². The lowest BCUT2D eigenvalue weighted by Gasteiger charge is -2.36. The molecule has 2 saturated heterocycles. The number of urea groups is 1. The zero-order chi connectivity index (χ0) is 17.6. The van der Waals surface area contributed by atoms with Gasteiger partial charge in [0.1, 0.15) is 12.4 Å². The second kappa shape index (κ2) is 8.20. The number of amides is 2. The first kappa shape index (κ1) is 17.5. The minimum absolute atomic E-state index is 0.0762. The fraction of sp³-hybridized carbons (Fsp3) is 0.556. The van der Waals surface area contributed by atoms with Gasteiger partial charge in [0.15, 0.2) is 0 Å². The number of hydrogen-bond acceptors (Lipinski definition) is 5. The van der Waals surface area contributed by atoms with Gasteiger partial charge in [0, 0.05) is 38.8 Å². The van der Waals surface area contributed by atoms with Crippen molar-refractivity contribution in [2.24, 2.45) is 0 Å². The van der Waals surface area contributed by atoms with Crippen LogP contribution < -0.4 is 10.1 Å². The van der Waals surface area contributed by atoms with E-state index in [1.165, 1.54) is 7.11 Å². The van der Waals surface area contributed by atoms with E-state index in [2.05, 4.69) is 10.2 Å². The minimum Gasteiger partial charge on any atom is -0.492 e. The molecule has 25 heavy (non-hydrogen) atoms. The number of carbonyl (C=O) groups excluding carboxylic acids is 2. The molecule has 0 atom stereocenters. The van der Waals surface area contributed by atoms with Crippen molar-refractivity contribution in [3.63, 3.8) is 0 Å². The summed E-state index contributed by atoms with van der Waals surface area (Å²) in [5.41, 5.74) is 0.490. The maximum atomic E-state index is 11.7. The summed E-state index contributed by atoms with van der Waals surface area (Å²) in [5, 5.41) is 2.87. The summed E-state index contributed by atoms with van der Waals surface area (Å²) in [6, 6.07) is 7.46. The summed E-state index contributed by atoms with van der Waals surface area (Å²) < 4.78 is 10.5. The second-order valence-electron chi connectivity index (χ2n) is 6.37. The average Bonchev–Trinajstić information content (AvgIpc) is 3.08. The van der Waals surface area contributed by atoms with Crippen molar-refractivity contribution in [2.75, 3.05) is 46.4 Å². The maximum Gasteiger partial charge on any atom is 0.337 e. The number of carbonyl (C=O) groups is 2. The Balaban J connectivity index is 1.40. The molecule has 0 unspecified atom stereocenters. The molecule has 0 aliphatic carbocycles. The van der Waals surface area contributed by atoms with Crippen LogP contribution in [0.3, 0.4) is 0 Å². The van der Waals surface area contributed by atoms with Crippen molar-refractivity contribution in [1.29, 1.82) is 0 Å². The number of hydrogen-bond donors (Lipinski definition) is 1. The van der Waals surface area contributed by atoms with Gasteiger partial charge in [-0.1, -0.05) is 6.07 Å². The third kappa shape index (κ3) is 4.42. The van der Waals surface area contributed by atoms with Gasteiger partial charge >= 0.3 is 12.0 Å². The van der Waals surface area contributed by atoms with Crippen LogP contribution in [0.1, 0.15) is 23.2 Å². The van der Waals surface area contributed by atoms with E-state index in [1.54, 1.807) is 18.2 Å². The molecule has 0 saturated carbocycles. The lowest BCUT2D eigenvalue weighted by Crippen LogP contribution is -2.46. The summed E-state index contributed by atoms with van der Waals surface area (Å²) in [7, 11) is 1.37. The highest BCUT2D eigenvalue weighted by Gasteiger charge is 2.30. The fourth-order valence-corrected chi connectivity index (χ4v) is 3.41. The lowest BCUT2D eigenvalue weighted by atomic mass is 10.0. The molecule has 3 rings (SSSR count). The normalized spacial score (nSPS) is 18.9. The Kier molecular flexibility index (Phi) is 5.75. The Morgan fingerprint density at radius 3 is 2.76 bits per heavy atom. The van der Waals surface area contributed by atoms with Crippen molar-refractivity contribution < 1.29 is 19.1 Å². The van der Waals surface area contributed by atoms with E-state index in [1.807, 2.05) is 11.0 Å². The van der Waals surface area contributed by atoms with E-state index in [-0.39, 0.29) is 12.0 Å². The molecule has 2 amide bonds. The van der Waals surface area contributed by atoms with Crippen LogP contribution in [-0.2, 0) is 4.74 Å². The molecule has 7 nitrogen and oxygen atoms in total. The third-order valence-corrected chi connectivity index (χ3v) is 4.82. The number of nitrogens with zero attached hydrogens (tertiary/aromatic N) is 2. The predicted molar refractivity (Wildman–Crippen MR) is 92.8 cm³/mol. The molecule has 2 fully saturated rings. The molecule has 2 aliphatic heterocycles. The zero-order valence-electron chi connectivity index (χ0n) is 14.6. The van der Waals surface area contributed by atoms with Gasteiger partial charge in [0.2, 0.25) is 0 Å². The molecule has 0 aromatic heterocycles. The molecule has 1 N–H and O–H groups in total. The van der Waals surface area contributed by atoms with Crippen LogP contribution in [0.25, 0.3) is 0 Å². The van der Waals surface area contributed by atoms with E-state index in [0.29, 0.717) is 24.0 Å². The van der Waals surface area contributed by atoms with Crippen LogP contribution in [-0.4, -0.2) is 74.3 Å². The molecule has 1 aromatic carbocycles. The van der Waals surface area contributed by atoms with Gasteiger partial charge in [0.25, 0.3) is 0 Å². The Bertz CT molecular complexity index is 614. The van der Waals surface area contributed by atoms with E-state index >= 15 is 0 Å². The van der Waals surface area contributed by atoms with Crippen LogP contribution in [0.2, 0.25) is 0 Å². The lowest BCUT2D eigenvalue weighted by molar-refractivity contribution is 0.0600. The zero-order valence-corrected chi connectivity index (χ0v) is 14.6. The number of methoxy groups -OCH3 is 1. The van der Waals surface area contributed by atoms with Gasteiger partial charge in [0.05, 0.1) is 12.7 Å². The van der Waals surface area contributed by atoms with Crippen LogP contribution in [0.5, 0.6) is 5.75 Å². The second-order valence-corrected chi connectivity index (χ2v) is 6.37.